The minimum atomic E-state index is -4.78. The molecule has 0 aliphatic rings. The molecule has 0 radical (unpaired) electrons. The van der Waals surface area contributed by atoms with Gasteiger partial charge in [-0.15, -0.1) is 5.10 Å². The molecule has 0 spiro atoms. The highest BCUT2D eigenvalue weighted by molar-refractivity contribution is 8.13. The van der Waals surface area contributed by atoms with E-state index in [1.54, 1.807) is 13.8 Å². The minimum Gasteiger partial charge on any atom is -0.347 e. The molecule has 26 heavy (non-hydrogen) atoms. The second kappa shape index (κ2) is 6.90. The van der Waals surface area contributed by atoms with Gasteiger partial charge < -0.3 is 4.90 Å². The van der Waals surface area contributed by atoms with Gasteiger partial charge in [0.2, 0.25) is 5.95 Å². The van der Waals surface area contributed by atoms with Gasteiger partial charge in [-0.25, -0.2) is 8.42 Å². The zero-order valence-corrected chi connectivity index (χ0v) is 16.5. The van der Waals surface area contributed by atoms with Crippen molar-refractivity contribution in [2.24, 2.45) is 0 Å². The van der Waals surface area contributed by atoms with Crippen molar-refractivity contribution in [1.29, 1.82) is 0 Å². The van der Waals surface area contributed by atoms with Gasteiger partial charge in [-0.1, -0.05) is 25.4 Å². The van der Waals surface area contributed by atoms with Crippen molar-refractivity contribution in [2.75, 3.05) is 19.0 Å². The van der Waals surface area contributed by atoms with E-state index in [4.69, 9.17) is 22.3 Å². The summed E-state index contributed by atoms with van der Waals surface area (Å²) in [5.74, 6) is -1.78. The molecule has 0 unspecified atom stereocenters. The first-order valence-electron chi connectivity index (χ1n) is 7.23. The standard InChI is InChI=1S/C14H15Cl2F3N4O2S/c1-7(2)8-5-9(15)10(6-11(8)26(16,24)25)23-13(22(3)4)20-12(21-23)14(17,18)19/h5-7H,1-4H3. The predicted octanol–water partition coefficient (Wildman–Crippen LogP) is 4.06. The topological polar surface area (TPSA) is 68.1 Å². The van der Waals surface area contributed by atoms with Gasteiger partial charge in [0.15, 0.2) is 0 Å². The van der Waals surface area contributed by atoms with E-state index in [1.807, 2.05) is 0 Å². The van der Waals surface area contributed by atoms with E-state index in [-0.39, 0.29) is 27.5 Å². The molecule has 12 heteroatoms. The summed E-state index contributed by atoms with van der Waals surface area (Å²) in [4.78, 5) is 4.51. The van der Waals surface area contributed by atoms with Crippen molar-refractivity contribution in [2.45, 2.75) is 30.8 Å². The zero-order valence-electron chi connectivity index (χ0n) is 14.1. The van der Waals surface area contributed by atoms with Gasteiger partial charge in [0.25, 0.3) is 14.9 Å². The molecule has 6 nitrogen and oxygen atoms in total. The Hall–Kier alpha value is -1.52. The van der Waals surface area contributed by atoms with Crippen LogP contribution in [0.15, 0.2) is 17.0 Å². The normalized spacial score (nSPS) is 12.7. The van der Waals surface area contributed by atoms with Crippen molar-refractivity contribution in [3.63, 3.8) is 0 Å². The van der Waals surface area contributed by atoms with E-state index >= 15 is 0 Å². The van der Waals surface area contributed by atoms with Crippen LogP contribution in [0.2, 0.25) is 5.02 Å². The maximum atomic E-state index is 13.0. The molecule has 2 rings (SSSR count). The van der Waals surface area contributed by atoms with Crippen molar-refractivity contribution >= 4 is 37.3 Å². The van der Waals surface area contributed by atoms with Crippen LogP contribution in [0.4, 0.5) is 19.1 Å². The molecular formula is C14H15Cl2F3N4O2S. The maximum Gasteiger partial charge on any atom is 0.453 e. The van der Waals surface area contributed by atoms with Crippen molar-refractivity contribution in [3.05, 3.63) is 28.5 Å². The van der Waals surface area contributed by atoms with E-state index in [9.17, 15) is 21.6 Å². The van der Waals surface area contributed by atoms with Crippen LogP contribution in [0, 0.1) is 0 Å². The van der Waals surface area contributed by atoms with Gasteiger partial charge in [-0.2, -0.15) is 22.8 Å². The van der Waals surface area contributed by atoms with Crippen LogP contribution in [0.1, 0.15) is 31.2 Å². The maximum absolute atomic E-state index is 13.0. The molecule has 0 amide bonds. The lowest BCUT2D eigenvalue weighted by atomic mass is 10.0. The SMILES string of the molecule is CC(C)c1cc(Cl)c(-n2nc(C(F)(F)F)nc2N(C)C)cc1S(=O)(=O)Cl. The van der Waals surface area contributed by atoms with Crippen molar-refractivity contribution < 1.29 is 21.6 Å². The molecule has 0 fully saturated rings. The summed E-state index contributed by atoms with van der Waals surface area (Å²) in [6.07, 6.45) is -4.78. The summed E-state index contributed by atoms with van der Waals surface area (Å²) in [5.41, 5.74) is 0.262. The summed E-state index contributed by atoms with van der Waals surface area (Å²) >= 11 is 6.20. The Morgan fingerprint density at radius 2 is 1.81 bits per heavy atom. The Morgan fingerprint density at radius 3 is 2.23 bits per heavy atom. The number of nitrogens with zero attached hydrogens (tertiary/aromatic N) is 4. The molecular weight excluding hydrogens is 416 g/mol. The van der Waals surface area contributed by atoms with Crippen LogP contribution in [-0.4, -0.2) is 37.3 Å². The lowest BCUT2D eigenvalue weighted by Crippen LogP contribution is -2.16. The van der Waals surface area contributed by atoms with Crippen LogP contribution < -0.4 is 4.90 Å². The first-order valence-corrected chi connectivity index (χ1v) is 9.92. The third-order valence-corrected chi connectivity index (χ3v) is 5.12. The molecule has 0 saturated carbocycles. The van der Waals surface area contributed by atoms with E-state index < -0.39 is 21.1 Å². The van der Waals surface area contributed by atoms with E-state index in [2.05, 4.69) is 10.1 Å². The van der Waals surface area contributed by atoms with Gasteiger partial charge >= 0.3 is 6.18 Å². The molecule has 0 bridgehead atoms. The molecule has 0 N–H and O–H groups in total. The number of halogens is 5. The van der Waals surface area contributed by atoms with Crippen LogP contribution in [0.5, 0.6) is 0 Å². The number of anilines is 1. The molecule has 1 aromatic carbocycles. The minimum absolute atomic E-state index is 0.0134. The van der Waals surface area contributed by atoms with Crippen molar-refractivity contribution in [3.8, 4) is 5.69 Å². The molecule has 1 heterocycles. The molecule has 0 saturated heterocycles. The summed E-state index contributed by atoms with van der Waals surface area (Å²) in [5, 5.41) is 3.46. The first kappa shape index (κ1) is 20.8. The van der Waals surface area contributed by atoms with Crippen LogP contribution >= 0.6 is 22.3 Å². The molecule has 2 aromatic rings. The van der Waals surface area contributed by atoms with E-state index in [0.717, 1.165) is 10.7 Å². The van der Waals surface area contributed by atoms with Gasteiger partial charge in [0.1, 0.15) is 0 Å². The Bertz CT molecular complexity index is 940. The largest absolute Gasteiger partial charge is 0.453 e. The number of hydrogen-bond acceptors (Lipinski definition) is 5. The quantitative estimate of drug-likeness (QED) is 0.684. The Balaban J connectivity index is 2.83. The summed E-state index contributed by atoms with van der Waals surface area (Å²) < 4.78 is 63.7. The summed E-state index contributed by atoms with van der Waals surface area (Å²) in [6.45, 7) is 3.47. The summed E-state index contributed by atoms with van der Waals surface area (Å²) in [7, 11) is 4.27. The average molecular weight is 431 g/mol. The highest BCUT2D eigenvalue weighted by Crippen LogP contribution is 2.36. The highest BCUT2D eigenvalue weighted by atomic mass is 35.7. The Labute approximate surface area is 157 Å². The number of hydrogen-bond donors (Lipinski definition) is 0. The van der Waals surface area contributed by atoms with E-state index in [1.165, 1.54) is 25.1 Å². The Morgan fingerprint density at radius 1 is 1.23 bits per heavy atom. The zero-order chi connectivity index (χ0) is 20.0. The predicted molar refractivity (Wildman–Crippen MR) is 92.8 cm³/mol. The number of alkyl halides is 3. The Kier molecular flexibility index (Phi) is 5.51. The second-order valence-corrected chi connectivity index (χ2v) is 8.91. The fraction of sp³-hybridized carbons (Fsp3) is 0.429. The van der Waals surface area contributed by atoms with Crippen LogP contribution in [0.3, 0.4) is 0 Å². The molecule has 0 aliphatic heterocycles. The van der Waals surface area contributed by atoms with Gasteiger partial charge in [-0.05, 0) is 23.6 Å². The third kappa shape index (κ3) is 4.07. The molecule has 144 valence electrons. The lowest BCUT2D eigenvalue weighted by molar-refractivity contribution is -0.144. The number of benzene rings is 1. The van der Waals surface area contributed by atoms with Gasteiger partial charge in [0, 0.05) is 24.8 Å². The monoisotopic (exact) mass is 430 g/mol. The third-order valence-electron chi connectivity index (χ3n) is 3.44. The van der Waals surface area contributed by atoms with Crippen molar-refractivity contribution in [1.82, 2.24) is 14.8 Å². The van der Waals surface area contributed by atoms with Crippen LogP contribution in [0.25, 0.3) is 5.69 Å². The van der Waals surface area contributed by atoms with Gasteiger partial charge in [0.05, 0.1) is 15.6 Å². The van der Waals surface area contributed by atoms with Crippen LogP contribution in [-0.2, 0) is 15.2 Å². The average Bonchev–Trinajstić information content (AvgIpc) is 2.90. The summed E-state index contributed by atoms with van der Waals surface area (Å²) in [6, 6.07) is 2.45. The second-order valence-electron chi connectivity index (χ2n) is 5.97. The molecule has 0 aliphatic carbocycles. The smallest absolute Gasteiger partial charge is 0.347 e. The lowest BCUT2D eigenvalue weighted by Gasteiger charge is -2.17. The number of aromatic nitrogens is 3. The van der Waals surface area contributed by atoms with E-state index in [0.29, 0.717) is 5.56 Å². The fourth-order valence-electron chi connectivity index (χ4n) is 2.26. The highest BCUT2D eigenvalue weighted by Gasteiger charge is 2.38. The molecule has 0 atom stereocenters. The van der Waals surface area contributed by atoms with Gasteiger partial charge in [-0.3, -0.25) is 0 Å². The number of rotatable bonds is 4. The first-order chi connectivity index (χ1) is 11.7. The molecule has 1 aromatic heterocycles. The fourth-order valence-corrected chi connectivity index (χ4v) is 3.74.